The number of hydrogen-bond acceptors (Lipinski definition) is 3. The van der Waals surface area contributed by atoms with Crippen LogP contribution in [0, 0.1) is 11.8 Å². The maximum atomic E-state index is 12.3. The van der Waals surface area contributed by atoms with Gasteiger partial charge in [0, 0.05) is 7.05 Å². The van der Waals surface area contributed by atoms with Crippen molar-refractivity contribution in [2.45, 2.75) is 19.4 Å². The van der Waals surface area contributed by atoms with E-state index in [0.717, 1.165) is 0 Å². The van der Waals surface area contributed by atoms with Gasteiger partial charge < -0.3 is 14.4 Å². The van der Waals surface area contributed by atoms with Crippen molar-refractivity contribution in [1.29, 1.82) is 0 Å². The van der Waals surface area contributed by atoms with Crippen LogP contribution in [0.4, 0.5) is 0 Å². The van der Waals surface area contributed by atoms with Gasteiger partial charge in [-0.2, -0.15) is 0 Å². The number of carboxylic acids is 1. The minimum Gasteiger partial charge on any atom is -0.481 e. The number of hydrogen-bond donors (Lipinski definition) is 1. The Morgan fingerprint density at radius 3 is 2.63 bits per heavy atom. The van der Waals surface area contributed by atoms with Crippen LogP contribution in [0.1, 0.15) is 18.6 Å². The van der Waals surface area contributed by atoms with E-state index in [4.69, 9.17) is 4.42 Å². The van der Waals surface area contributed by atoms with E-state index in [1.165, 1.54) is 4.90 Å². The number of furan rings is 1. The molecule has 0 saturated carbocycles. The van der Waals surface area contributed by atoms with Crippen molar-refractivity contribution in [3.8, 4) is 0 Å². The van der Waals surface area contributed by atoms with E-state index in [1.807, 2.05) is 12.2 Å². The van der Waals surface area contributed by atoms with Crippen LogP contribution in [-0.4, -0.2) is 28.9 Å². The number of carbonyl (C=O) groups is 2. The van der Waals surface area contributed by atoms with Crippen molar-refractivity contribution in [2.24, 2.45) is 11.8 Å². The van der Waals surface area contributed by atoms with Gasteiger partial charge in [-0.15, -0.1) is 0 Å². The first-order valence-corrected chi connectivity index (χ1v) is 6.24. The molecule has 1 aromatic heterocycles. The van der Waals surface area contributed by atoms with Gasteiger partial charge in [0.15, 0.2) is 0 Å². The van der Waals surface area contributed by atoms with Gasteiger partial charge in [0.1, 0.15) is 5.76 Å². The maximum absolute atomic E-state index is 12.3. The molecule has 1 aromatic rings. The van der Waals surface area contributed by atoms with E-state index in [9.17, 15) is 14.7 Å². The van der Waals surface area contributed by atoms with Crippen LogP contribution in [-0.2, 0) is 16.1 Å². The summed E-state index contributed by atoms with van der Waals surface area (Å²) in [6, 6.07) is 3.55. The van der Waals surface area contributed by atoms with E-state index in [1.54, 1.807) is 25.4 Å². The summed E-state index contributed by atoms with van der Waals surface area (Å²) in [5, 5.41) is 9.17. The van der Waals surface area contributed by atoms with E-state index in [2.05, 4.69) is 0 Å². The average molecular weight is 263 g/mol. The summed E-state index contributed by atoms with van der Waals surface area (Å²) in [5.74, 6) is -1.48. The number of carboxylic acid groups (broad SMARTS) is 1. The number of amides is 1. The molecule has 5 heteroatoms. The van der Waals surface area contributed by atoms with Gasteiger partial charge in [0.05, 0.1) is 24.6 Å². The number of nitrogens with zero attached hydrogens (tertiary/aromatic N) is 1. The predicted molar refractivity (Wildman–Crippen MR) is 68.2 cm³/mol. The Morgan fingerprint density at radius 2 is 2.05 bits per heavy atom. The Bertz CT molecular complexity index is 478. The molecule has 19 heavy (non-hydrogen) atoms. The zero-order valence-corrected chi connectivity index (χ0v) is 10.8. The third-order valence-corrected chi connectivity index (χ3v) is 3.42. The Morgan fingerprint density at radius 1 is 1.37 bits per heavy atom. The zero-order chi connectivity index (χ0) is 13.8. The quantitative estimate of drug-likeness (QED) is 0.842. The third-order valence-electron chi connectivity index (χ3n) is 3.42. The van der Waals surface area contributed by atoms with Gasteiger partial charge in [-0.25, -0.2) is 0 Å². The van der Waals surface area contributed by atoms with Crippen LogP contribution in [0.3, 0.4) is 0 Å². The molecule has 0 spiro atoms. The Balaban J connectivity index is 2.05. The van der Waals surface area contributed by atoms with E-state index in [0.29, 0.717) is 25.1 Å². The highest BCUT2D eigenvalue weighted by Crippen LogP contribution is 2.27. The van der Waals surface area contributed by atoms with Crippen LogP contribution in [0.5, 0.6) is 0 Å². The summed E-state index contributed by atoms with van der Waals surface area (Å²) >= 11 is 0. The summed E-state index contributed by atoms with van der Waals surface area (Å²) in [7, 11) is 1.67. The monoisotopic (exact) mass is 263 g/mol. The van der Waals surface area contributed by atoms with Crippen molar-refractivity contribution >= 4 is 11.9 Å². The number of aliphatic carboxylic acids is 1. The molecule has 0 radical (unpaired) electrons. The van der Waals surface area contributed by atoms with Gasteiger partial charge in [-0.05, 0) is 25.0 Å². The van der Waals surface area contributed by atoms with Gasteiger partial charge in [-0.1, -0.05) is 12.2 Å². The van der Waals surface area contributed by atoms with Crippen LogP contribution >= 0.6 is 0 Å². The Kier molecular flexibility index (Phi) is 4.04. The first-order chi connectivity index (χ1) is 9.09. The molecular weight excluding hydrogens is 246 g/mol. The van der Waals surface area contributed by atoms with Gasteiger partial charge >= 0.3 is 5.97 Å². The minimum absolute atomic E-state index is 0.145. The van der Waals surface area contributed by atoms with Gasteiger partial charge in [0.25, 0.3) is 0 Å². The Labute approximate surface area is 111 Å². The molecule has 102 valence electrons. The fraction of sp³-hybridized carbons (Fsp3) is 0.429. The van der Waals surface area contributed by atoms with Crippen LogP contribution < -0.4 is 0 Å². The smallest absolute Gasteiger partial charge is 0.307 e. The van der Waals surface area contributed by atoms with E-state index >= 15 is 0 Å². The van der Waals surface area contributed by atoms with Crippen molar-refractivity contribution in [3.05, 3.63) is 36.3 Å². The van der Waals surface area contributed by atoms with Crippen molar-refractivity contribution < 1.29 is 19.1 Å². The number of carbonyl (C=O) groups excluding carboxylic acids is 1. The van der Waals surface area contributed by atoms with E-state index in [-0.39, 0.29) is 5.91 Å². The molecule has 0 aliphatic heterocycles. The lowest BCUT2D eigenvalue weighted by Crippen LogP contribution is -2.39. The lowest BCUT2D eigenvalue weighted by molar-refractivity contribution is -0.150. The second-order valence-electron chi connectivity index (χ2n) is 4.77. The predicted octanol–water partition coefficient (Wildman–Crippen LogP) is 1.91. The molecule has 0 unspecified atom stereocenters. The fourth-order valence-corrected chi connectivity index (χ4v) is 2.36. The molecular formula is C14H17NO4. The van der Waals surface area contributed by atoms with Crippen LogP contribution in [0.25, 0.3) is 0 Å². The summed E-state index contributed by atoms with van der Waals surface area (Å²) < 4.78 is 5.19. The second-order valence-corrected chi connectivity index (χ2v) is 4.77. The topological polar surface area (TPSA) is 70.8 Å². The van der Waals surface area contributed by atoms with Crippen LogP contribution in [0.15, 0.2) is 35.0 Å². The summed E-state index contributed by atoms with van der Waals surface area (Å²) in [4.78, 5) is 25.0. The van der Waals surface area contributed by atoms with E-state index < -0.39 is 17.8 Å². The van der Waals surface area contributed by atoms with Crippen molar-refractivity contribution in [1.82, 2.24) is 4.90 Å². The standard InChI is InChI=1S/C14H17NO4/c1-15(9-10-5-4-8-19-10)13(16)11-6-2-3-7-12(11)14(17)18/h2-5,8,11-12H,6-7,9H2,1H3,(H,17,18)/t11-,12+/m1/s1. The minimum atomic E-state index is -0.908. The van der Waals surface area contributed by atoms with Gasteiger partial charge in [0.2, 0.25) is 5.91 Å². The lowest BCUT2D eigenvalue weighted by atomic mass is 9.82. The molecule has 5 nitrogen and oxygen atoms in total. The number of allylic oxidation sites excluding steroid dienone is 2. The first kappa shape index (κ1) is 13.4. The molecule has 2 atom stereocenters. The fourth-order valence-electron chi connectivity index (χ4n) is 2.36. The third kappa shape index (κ3) is 3.05. The zero-order valence-electron chi connectivity index (χ0n) is 10.8. The molecule has 1 aliphatic carbocycles. The molecule has 1 amide bonds. The summed E-state index contributed by atoms with van der Waals surface area (Å²) in [6.45, 7) is 0.360. The molecule has 0 saturated heterocycles. The highest BCUT2D eigenvalue weighted by molar-refractivity contribution is 5.85. The molecule has 1 N–H and O–H groups in total. The molecule has 1 heterocycles. The largest absolute Gasteiger partial charge is 0.481 e. The molecule has 0 aromatic carbocycles. The second kappa shape index (κ2) is 5.73. The molecule has 0 bridgehead atoms. The average Bonchev–Trinajstić information content (AvgIpc) is 2.90. The lowest BCUT2D eigenvalue weighted by Gasteiger charge is -2.28. The molecule has 0 fully saturated rings. The number of rotatable bonds is 4. The highest BCUT2D eigenvalue weighted by atomic mass is 16.4. The Hall–Kier alpha value is -2.04. The first-order valence-electron chi connectivity index (χ1n) is 6.24. The normalized spacial score (nSPS) is 22.2. The van der Waals surface area contributed by atoms with Crippen molar-refractivity contribution in [3.63, 3.8) is 0 Å². The highest BCUT2D eigenvalue weighted by Gasteiger charge is 2.35. The summed E-state index contributed by atoms with van der Waals surface area (Å²) in [5.41, 5.74) is 0. The maximum Gasteiger partial charge on any atom is 0.307 e. The van der Waals surface area contributed by atoms with Crippen LogP contribution in [0.2, 0.25) is 0 Å². The molecule has 1 aliphatic rings. The summed E-state index contributed by atoms with van der Waals surface area (Å²) in [6.07, 6.45) is 6.16. The molecule has 2 rings (SSSR count). The SMILES string of the molecule is CN(Cc1ccco1)C(=O)[C@@H]1CC=CC[C@@H]1C(=O)O. The van der Waals surface area contributed by atoms with Crippen molar-refractivity contribution in [2.75, 3.05) is 7.05 Å². The van der Waals surface area contributed by atoms with Gasteiger partial charge in [-0.3, -0.25) is 9.59 Å².